The summed E-state index contributed by atoms with van der Waals surface area (Å²) in [5, 5.41) is 14.2. The van der Waals surface area contributed by atoms with Gasteiger partial charge < -0.3 is 10.6 Å². The highest BCUT2D eigenvalue weighted by atomic mass is 35.5. The summed E-state index contributed by atoms with van der Waals surface area (Å²) in [6, 6.07) is 6.87. The van der Waals surface area contributed by atoms with Crippen molar-refractivity contribution in [3.63, 3.8) is 0 Å². The molecule has 148 valence electrons. The molecule has 0 bridgehead atoms. The van der Waals surface area contributed by atoms with Gasteiger partial charge in [0.25, 0.3) is 5.91 Å². The highest BCUT2D eigenvalue weighted by molar-refractivity contribution is 5.91. The quantitative estimate of drug-likeness (QED) is 0.558. The molecule has 27 heavy (non-hydrogen) atoms. The molecular formula is C19H27ClFN5O. The summed E-state index contributed by atoms with van der Waals surface area (Å²) in [4.78, 5) is 12.2. The molecule has 0 atom stereocenters. The van der Waals surface area contributed by atoms with E-state index in [1.807, 2.05) is 6.07 Å². The molecule has 1 amide bonds. The molecule has 6 nitrogen and oxygen atoms in total. The second-order valence-corrected chi connectivity index (χ2v) is 6.83. The van der Waals surface area contributed by atoms with Gasteiger partial charge in [-0.1, -0.05) is 43.0 Å². The number of carbonyl (C=O) groups excluding carboxylic acids is 1. The van der Waals surface area contributed by atoms with Crippen LogP contribution in [0.25, 0.3) is 0 Å². The van der Waals surface area contributed by atoms with Crippen LogP contribution >= 0.6 is 12.4 Å². The number of benzene rings is 1. The number of rotatable bonds is 7. The molecule has 1 heterocycles. The normalized spacial score (nSPS) is 15.0. The predicted octanol–water partition coefficient (Wildman–Crippen LogP) is 2.93. The van der Waals surface area contributed by atoms with Crippen LogP contribution in [0.5, 0.6) is 0 Å². The minimum Gasteiger partial charge on any atom is -0.349 e. The number of aromatic nitrogens is 3. The average Bonchev–Trinajstić information content (AvgIpc) is 2.93. The minimum absolute atomic E-state index is 0. The van der Waals surface area contributed by atoms with Gasteiger partial charge >= 0.3 is 0 Å². The molecule has 0 saturated heterocycles. The third kappa shape index (κ3) is 6.92. The lowest BCUT2D eigenvalue weighted by Crippen LogP contribution is -2.37. The van der Waals surface area contributed by atoms with Crippen molar-refractivity contribution < 1.29 is 9.18 Å². The molecule has 1 aromatic carbocycles. The molecule has 0 aliphatic heterocycles. The third-order valence-electron chi connectivity index (χ3n) is 4.70. The number of nitrogens with one attached hydrogen (secondary N) is 2. The van der Waals surface area contributed by atoms with Crippen molar-refractivity contribution in [2.24, 2.45) is 0 Å². The maximum Gasteiger partial charge on any atom is 0.273 e. The first-order valence-electron chi connectivity index (χ1n) is 9.37. The van der Waals surface area contributed by atoms with Gasteiger partial charge in [-0.3, -0.25) is 4.79 Å². The number of halogens is 2. The van der Waals surface area contributed by atoms with E-state index in [0.29, 0.717) is 19.1 Å². The van der Waals surface area contributed by atoms with E-state index < -0.39 is 0 Å². The van der Waals surface area contributed by atoms with E-state index in [-0.39, 0.29) is 29.8 Å². The van der Waals surface area contributed by atoms with E-state index in [9.17, 15) is 9.18 Å². The number of nitrogens with zero attached hydrogens (tertiary/aromatic N) is 3. The zero-order chi connectivity index (χ0) is 18.2. The Balaban J connectivity index is 0.00000261. The largest absolute Gasteiger partial charge is 0.349 e. The highest BCUT2D eigenvalue weighted by Gasteiger charge is 2.13. The fourth-order valence-electron chi connectivity index (χ4n) is 3.33. The van der Waals surface area contributed by atoms with Gasteiger partial charge in [0.15, 0.2) is 5.69 Å². The monoisotopic (exact) mass is 395 g/mol. The Hall–Kier alpha value is -1.99. The van der Waals surface area contributed by atoms with Gasteiger partial charge in [-0.2, -0.15) is 0 Å². The number of carbonyl (C=O) groups is 1. The van der Waals surface area contributed by atoms with Gasteiger partial charge in [-0.05, 0) is 30.5 Å². The van der Waals surface area contributed by atoms with Crippen molar-refractivity contribution in [1.29, 1.82) is 0 Å². The van der Waals surface area contributed by atoms with Gasteiger partial charge in [0, 0.05) is 19.1 Å². The fraction of sp³-hybridized carbons (Fsp3) is 0.526. The zero-order valence-corrected chi connectivity index (χ0v) is 16.2. The Morgan fingerprint density at radius 1 is 1.19 bits per heavy atom. The van der Waals surface area contributed by atoms with Crippen molar-refractivity contribution in [3.05, 3.63) is 47.5 Å². The van der Waals surface area contributed by atoms with Gasteiger partial charge in [0.05, 0.1) is 12.7 Å². The molecule has 2 N–H and O–H groups in total. The summed E-state index contributed by atoms with van der Waals surface area (Å²) >= 11 is 0. The average molecular weight is 396 g/mol. The van der Waals surface area contributed by atoms with E-state index in [1.54, 1.807) is 12.3 Å². The summed E-state index contributed by atoms with van der Waals surface area (Å²) in [6.45, 7) is 1.70. The van der Waals surface area contributed by atoms with Crippen LogP contribution in [-0.4, -0.2) is 40.0 Å². The molecule has 1 fully saturated rings. The molecule has 1 aromatic heterocycles. The first-order chi connectivity index (χ1) is 12.7. The van der Waals surface area contributed by atoms with Gasteiger partial charge in [-0.25, -0.2) is 9.07 Å². The Morgan fingerprint density at radius 3 is 2.70 bits per heavy atom. The van der Waals surface area contributed by atoms with E-state index in [0.717, 1.165) is 12.1 Å². The molecule has 0 radical (unpaired) electrons. The minimum atomic E-state index is -0.290. The van der Waals surface area contributed by atoms with Crippen LogP contribution in [-0.2, 0) is 6.54 Å². The molecule has 1 saturated carbocycles. The second-order valence-electron chi connectivity index (χ2n) is 6.83. The van der Waals surface area contributed by atoms with Crippen LogP contribution in [0.2, 0.25) is 0 Å². The number of hydrogen-bond donors (Lipinski definition) is 2. The maximum absolute atomic E-state index is 13.2. The lowest BCUT2D eigenvalue weighted by molar-refractivity contribution is 0.0948. The Bertz CT molecular complexity index is 716. The smallest absolute Gasteiger partial charge is 0.273 e. The number of amides is 1. The fourth-order valence-corrected chi connectivity index (χ4v) is 3.33. The van der Waals surface area contributed by atoms with Crippen molar-refractivity contribution >= 4 is 18.3 Å². The topological polar surface area (TPSA) is 71.8 Å². The van der Waals surface area contributed by atoms with Crippen LogP contribution in [0.4, 0.5) is 4.39 Å². The van der Waals surface area contributed by atoms with Crippen molar-refractivity contribution in [2.45, 2.75) is 51.1 Å². The molecule has 3 rings (SSSR count). The molecule has 0 unspecified atom stereocenters. The lowest BCUT2D eigenvalue weighted by Gasteiger charge is -2.16. The highest BCUT2D eigenvalue weighted by Crippen LogP contribution is 2.16. The summed E-state index contributed by atoms with van der Waals surface area (Å²) in [6.07, 6.45) is 9.28. The van der Waals surface area contributed by atoms with Crippen LogP contribution in [0.15, 0.2) is 30.5 Å². The Labute approximate surface area is 165 Å². The summed E-state index contributed by atoms with van der Waals surface area (Å²) in [5.41, 5.74) is 1.05. The van der Waals surface area contributed by atoms with E-state index in [2.05, 4.69) is 20.9 Å². The van der Waals surface area contributed by atoms with Crippen molar-refractivity contribution in [3.8, 4) is 0 Å². The van der Waals surface area contributed by atoms with Crippen LogP contribution < -0.4 is 10.6 Å². The van der Waals surface area contributed by atoms with E-state index in [4.69, 9.17) is 0 Å². The number of hydrogen-bond acceptors (Lipinski definition) is 4. The van der Waals surface area contributed by atoms with E-state index >= 15 is 0 Å². The van der Waals surface area contributed by atoms with Crippen LogP contribution in [0.1, 0.15) is 54.6 Å². The van der Waals surface area contributed by atoms with Crippen LogP contribution in [0, 0.1) is 5.82 Å². The van der Waals surface area contributed by atoms with Gasteiger partial charge in [0.1, 0.15) is 5.82 Å². The standard InChI is InChI=1S/C19H26FN5O.ClH/c20-16-7-5-6-15(12-16)13-25-14-18(23-24-25)19(26)22-11-10-21-17-8-3-1-2-4-9-17;/h5-7,12,14,17,21H,1-4,8-11,13H2,(H,22,26);1H. The second kappa shape index (κ2) is 11.0. The summed E-state index contributed by atoms with van der Waals surface area (Å²) in [7, 11) is 0. The van der Waals surface area contributed by atoms with Gasteiger partial charge in [-0.15, -0.1) is 17.5 Å². The third-order valence-corrected chi connectivity index (χ3v) is 4.70. The van der Waals surface area contributed by atoms with E-state index in [1.165, 1.54) is 55.3 Å². The summed E-state index contributed by atoms with van der Waals surface area (Å²) in [5.74, 6) is -0.528. The van der Waals surface area contributed by atoms with Crippen molar-refractivity contribution in [1.82, 2.24) is 25.6 Å². The maximum atomic E-state index is 13.2. The Morgan fingerprint density at radius 2 is 1.96 bits per heavy atom. The van der Waals surface area contributed by atoms with Gasteiger partial charge in [0.2, 0.25) is 0 Å². The first-order valence-corrected chi connectivity index (χ1v) is 9.37. The predicted molar refractivity (Wildman–Crippen MR) is 105 cm³/mol. The summed E-state index contributed by atoms with van der Waals surface area (Å²) < 4.78 is 14.8. The van der Waals surface area contributed by atoms with Crippen molar-refractivity contribution in [2.75, 3.05) is 13.1 Å². The SMILES string of the molecule is Cl.O=C(NCCNC1CCCCCC1)c1cn(Cc2cccc(F)c2)nn1. The molecular weight excluding hydrogens is 369 g/mol. The zero-order valence-electron chi connectivity index (χ0n) is 15.4. The first kappa shape index (κ1) is 21.3. The molecule has 1 aliphatic rings. The Kier molecular flexibility index (Phi) is 8.67. The molecule has 1 aliphatic carbocycles. The van der Waals surface area contributed by atoms with Crippen LogP contribution in [0.3, 0.4) is 0 Å². The molecule has 8 heteroatoms. The lowest BCUT2D eigenvalue weighted by atomic mass is 10.1. The molecule has 0 spiro atoms. The molecule has 2 aromatic rings.